The van der Waals surface area contributed by atoms with Crippen LogP contribution in [-0.2, 0) is 0 Å². The molecule has 0 saturated carbocycles. The molecule has 0 amide bonds. The van der Waals surface area contributed by atoms with Crippen LogP contribution in [0.5, 0.6) is 5.75 Å². The van der Waals surface area contributed by atoms with Gasteiger partial charge in [0.2, 0.25) is 0 Å². The van der Waals surface area contributed by atoms with Crippen LogP contribution in [-0.4, -0.2) is 51.3 Å². The maximum atomic E-state index is 6.11. The summed E-state index contributed by atoms with van der Waals surface area (Å²) in [5.74, 6) is 0.941. The highest BCUT2D eigenvalue weighted by Crippen LogP contribution is 2.28. The number of hydrogen-bond acceptors (Lipinski definition) is 4. The van der Waals surface area contributed by atoms with E-state index < -0.39 is 0 Å². The first-order chi connectivity index (χ1) is 15.6. The van der Waals surface area contributed by atoms with Gasteiger partial charge in [-0.15, -0.1) is 0 Å². The number of piperazine rings is 1. The summed E-state index contributed by atoms with van der Waals surface area (Å²) in [4.78, 5) is 4.92. The number of anilines is 1. The van der Waals surface area contributed by atoms with Gasteiger partial charge < -0.3 is 15.0 Å². The van der Waals surface area contributed by atoms with Gasteiger partial charge in [0.1, 0.15) is 5.75 Å². The molecule has 1 aliphatic rings. The van der Waals surface area contributed by atoms with Crippen LogP contribution in [0.25, 0.3) is 0 Å². The van der Waals surface area contributed by atoms with E-state index in [1.165, 1.54) is 16.8 Å². The maximum absolute atomic E-state index is 6.11. The van der Waals surface area contributed by atoms with E-state index in [0.29, 0.717) is 0 Å². The second kappa shape index (κ2) is 11.1. The molecule has 3 aromatic rings. The van der Waals surface area contributed by atoms with Crippen LogP contribution >= 0.6 is 23.2 Å². The Balaban J connectivity index is 1.34. The molecule has 0 radical (unpaired) electrons. The van der Waals surface area contributed by atoms with Crippen molar-refractivity contribution in [3.63, 3.8) is 0 Å². The SMILES string of the molecule is COc1ccccc1N1CCN(CCNC(c2ccc(Cl)cc2)c2ccc(Cl)cc2)CC1. The van der Waals surface area contributed by atoms with Gasteiger partial charge in [0.25, 0.3) is 0 Å². The van der Waals surface area contributed by atoms with Crippen LogP contribution < -0.4 is 15.0 Å². The molecular weight excluding hydrogens is 441 g/mol. The Kier molecular flexibility index (Phi) is 7.93. The van der Waals surface area contributed by atoms with Gasteiger partial charge in [-0.3, -0.25) is 4.90 Å². The summed E-state index contributed by atoms with van der Waals surface area (Å²) in [5.41, 5.74) is 3.56. The fourth-order valence-electron chi connectivity index (χ4n) is 4.21. The third-order valence-corrected chi connectivity index (χ3v) is 6.49. The third-order valence-electron chi connectivity index (χ3n) is 5.98. The fourth-order valence-corrected chi connectivity index (χ4v) is 4.46. The molecule has 0 spiro atoms. The number of para-hydroxylation sites is 2. The molecule has 1 N–H and O–H groups in total. The van der Waals surface area contributed by atoms with Crippen LogP contribution in [0.4, 0.5) is 5.69 Å². The Hall–Kier alpha value is -2.24. The molecule has 168 valence electrons. The van der Waals surface area contributed by atoms with E-state index in [-0.39, 0.29) is 6.04 Å². The largest absolute Gasteiger partial charge is 0.495 e. The molecule has 1 heterocycles. The molecule has 4 rings (SSSR count). The van der Waals surface area contributed by atoms with E-state index in [2.05, 4.69) is 51.5 Å². The average Bonchev–Trinajstić information content (AvgIpc) is 2.84. The molecule has 0 atom stereocenters. The van der Waals surface area contributed by atoms with E-state index >= 15 is 0 Å². The molecule has 3 aromatic carbocycles. The van der Waals surface area contributed by atoms with Crippen molar-refractivity contribution in [2.75, 3.05) is 51.3 Å². The zero-order valence-electron chi connectivity index (χ0n) is 18.3. The lowest BCUT2D eigenvalue weighted by atomic mass is 9.99. The Bertz CT molecular complexity index is 941. The minimum absolute atomic E-state index is 0.0967. The number of ether oxygens (including phenoxy) is 1. The monoisotopic (exact) mass is 469 g/mol. The van der Waals surface area contributed by atoms with E-state index in [0.717, 1.165) is 55.1 Å². The third kappa shape index (κ3) is 5.76. The number of halogens is 2. The number of methoxy groups -OCH3 is 1. The van der Waals surface area contributed by atoms with E-state index in [1.54, 1.807) is 7.11 Å². The fraction of sp³-hybridized carbons (Fsp3) is 0.308. The van der Waals surface area contributed by atoms with Gasteiger partial charge in [-0.2, -0.15) is 0 Å². The van der Waals surface area contributed by atoms with Gasteiger partial charge in [-0.05, 0) is 47.5 Å². The first kappa shape index (κ1) is 22.9. The highest BCUT2D eigenvalue weighted by Gasteiger charge is 2.20. The molecule has 4 nitrogen and oxygen atoms in total. The van der Waals surface area contributed by atoms with Crippen LogP contribution in [0.15, 0.2) is 72.8 Å². The Morgan fingerprint density at radius 3 is 1.94 bits per heavy atom. The lowest BCUT2D eigenvalue weighted by molar-refractivity contribution is 0.255. The minimum atomic E-state index is 0.0967. The standard InChI is InChI=1S/C26H29Cl2N3O/c1-32-25-5-3-2-4-24(25)31-18-16-30(17-19-31)15-14-29-26(20-6-10-22(27)11-7-20)21-8-12-23(28)13-9-21/h2-13,26,29H,14-19H2,1H3. The molecule has 1 saturated heterocycles. The summed E-state index contributed by atoms with van der Waals surface area (Å²) in [7, 11) is 1.73. The van der Waals surface area contributed by atoms with Gasteiger partial charge in [0, 0.05) is 49.3 Å². The van der Waals surface area contributed by atoms with Crippen LogP contribution in [0, 0.1) is 0 Å². The van der Waals surface area contributed by atoms with E-state index in [1.807, 2.05) is 36.4 Å². The van der Waals surface area contributed by atoms with Crippen molar-refractivity contribution in [3.8, 4) is 5.75 Å². The first-order valence-electron chi connectivity index (χ1n) is 11.0. The van der Waals surface area contributed by atoms with Crippen molar-refractivity contribution >= 4 is 28.9 Å². The summed E-state index contributed by atoms with van der Waals surface area (Å²) in [6.07, 6.45) is 0. The van der Waals surface area contributed by atoms with Crippen molar-refractivity contribution in [1.29, 1.82) is 0 Å². The maximum Gasteiger partial charge on any atom is 0.142 e. The first-order valence-corrected chi connectivity index (χ1v) is 11.7. The summed E-state index contributed by atoms with van der Waals surface area (Å²) in [6.45, 7) is 5.96. The van der Waals surface area contributed by atoms with E-state index in [4.69, 9.17) is 27.9 Å². The molecule has 0 bridgehead atoms. The molecule has 32 heavy (non-hydrogen) atoms. The lowest BCUT2D eigenvalue weighted by Crippen LogP contribution is -2.48. The number of rotatable bonds is 8. The quantitative estimate of drug-likeness (QED) is 0.470. The molecule has 1 aliphatic heterocycles. The Morgan fingerprint density at radius 2 is 1.38 bits per heavy atom. The summed E-state index contributed by atoms with van der Waals surface area (Å²) in [6, 6.07) is 24.5. The molecule has 6 heteroatoms. The Morgan fingerprint density at radius 1 is 0.812 bits per heavy atom. The van der Waals surface area contributed by atoms with Crippen molar-refractivity contribution in [2.45, 2.75) is 6.04 Å². The van der Waals surface area contributed by atoms with Gasteiger partial charge in [0.15, 0.2) is 0 Å². The number of nitrogens with zero attached hydrogens (tertiary/aromatic N) is 2. The molecule has 1 fully saturated rings. The zero-order chi connectivity index (χ0) is 22.3. The average molecular weight is 470 g/mol. The number of benzene rings is 3. The topological polar surface area (TPSA) is 27.7 Å². The highest BCUT2D eigenvalue weighted by molar-refractivity contribution is 6.30. The van der Waals surface area contributed by atoms with Crippen molar-refractivity contribution in [3.05, 3.63) is 94.0 Å². The normalized spacial score (nSPS) is 14.7. The van der Waals surface area contributed by atoms with Crippen molar-refractivity contribution < 1.29 is 4.74 Å². The van der Waals surface area contributed by atoms with Crippen LogP contribution in [0.2, 0.25) is 10.0 Å². The minimum Gasteiger partial charge on any atom is -0.495 e. The van der Waals surface area contributed by atoms with Crippen molar-refractivity contribution in [2.24, 2.45) is 0 Å². The predicted molar refractivity (Wildman–Crippen MR) is 134 cm³/mol. The van der Waals surface area contributed by atoms with E-state index in [9.17, 15) is 0 Å². The van der Waals surface area contributed by atoms with Crippen molar-refractivity contribution in [1.82, 2.24) is 10.2 Å². The zero-order valence-corrected chi connectivity index (χ0v) is 19.8. The highest BCUT2D eigenvalue weighted by atomic mass is 35.5. The summed E-state index contributed by atoms with van der Waals surface area (Å²) >= 11 is 12.2. The molecule has 0 aromatic heterocycles. The van der Waals surface area contributed by atoms with Gasteiger partial charge in [-0.1, -0.05) is 59.6 Å². The molecule has 0 aliphatic carbocycles. The second-order valence-corrected chi connectivity index (χ2v) is 8.86. The Labute approximate surface area is 200 Å². The molecular formula is C26H29Cl2N3O. The van der Waals surface area contributed by atoms with Gasteiger partial charge >= 0.3 is 0 Å². The van der Waals surface area contributed by atoms with Crippen LogP contribution in [0.3, 0.4) is 0 Å². The van der Waals surface area contributed by atoms with Crippen LogP contribution in [0.1, 0.15) is 17.2 Å². The van der Waals surface area contributed by atoms with Gasteiger partial charge in [0.05, 0.1) is 18.8 Å². The number of nitrogens with one attached hydrogen (secondary N) is 1. The smallest absolute Gasteiger partial charge is 0.142 e. The number of hydrogen-bond donors (Lipinski definition) is 1. The lowest BCUT2D eigenvalue weighted by Gasteiger charge is -2.36. The summed E-state index contributed by atoms with van der Waals surface area (Å²) < 4.78 is 5.53. The molecule has 0 unspecified atom stereocenters. The predicted octanol–water partition coefficient (Wildman–Crippen LogP) is 5.50. The summed E-state index contributed by atoms with van der Waals surface area (Å²) in [5, 5.41) is 5.23. The van der Waals surface area contributed by atoms with Gasteiger partial charge in [-0.25, -0.2) is 0 Å². The second-order valence-electron chi connectivity index (χ2n) is 7.99.